The van der Waals surface area contributed by atoms with Gasteiger partial charge in [0.25, 0.3) is 0 Å². The van der Waals surface area contributed by atoms with Gasteiger partial charge in [0.2, 0.25) is 10.0 Å². The van der Waals surface area contributed by atoms with E-state index in [1.165, 1.54) is 0 Å². The van der Waals surface area contributed by atoms with Crippen molar-refractivity contribution in [3.8, 4) is 0 Å². The van der Waals surface area contributed by atoms with Crippen molar-refractivity contribution in [3.63, 3.8) is 0 Å². The lowest BCUT2D eigenvalue weighted by Gasteiger charge is -2.14. The van der Waals surface area contributed by atoms with Crippen LogP contribution < -0.4 is 10.0 Å². The number of rotatable bonds is 8. The molecule has 1 unspecified atom stereocenters. The number of hydrogen-bond donors (Lipinski definition) is 3. The van der Waals surface area contributed by atoms with Crippen molar-refractivity contribution in [1.82, 2.24) is 20.2 Å². The number of ether oxygens (including phenoxy) is 1. The summed E-state index contributed by atoms with van der Waals surface area (Å²) in [5, 5.41) is 9.62. The number of hydrogen-bond acceptors (Lipinski definition) is 5. The Morgan fingerprint density at radius 3 is 2.74 bits per heavy atom. The number of aromatic nitrogens is 2. The Kier molecular flexibility index (Phi) is 5.92. The first-order valence-corrected chi connectivity index (χ1v) is 7.60. The van der Waals surface area contributed by atoms with Gasteiger partial charge in [-0.25, -0.2) is 13.1 Å². The average Bonchev–Trinajstić information content (AvgIpc) is 2.68. The lowest BCUT2D eigenvalue weighted by Crippen LogP contribution is -2.34. The molecule has 0 spiro atoms. The van der Waals surface area contributed by atoms with Gasteiger partial charge in [0.1, 0.15) is 4.90 Å². The maximum atomic E-state index is 12.3. The molecular weight excluding hydrogens is 268 g/mol. The smallest absolute Gasteiger partial charge is 0.244 e. The van der Waals surface area contributed by atoms with Gasteiger partial charge in [0.15, 0.2) is 0 Å². The fourth-order valence-corrected chi connectivity index (χ4v) is 3.43. The molecule has 0 aliphatic carbocycles. The lowest BCUT2D eigenvalue weighted by atomic mass is 10.3. The van der Waals surface area contributed by atoms with Crippen LogP contribution in [0.4, 0.5) is 0 Å². The lowest BCUT2D eigenvalue weighted by molar-refractivity contribution is 0.188. The summed E-state index contributed by atoms with van der Waals surface area (Å²) < 4.78 is 32.3. The standard InChI is InChI=1S/C11H22N4O3S/c1-8(5-6-18-4)15-19(16,17)11-9(2)13-14-10(11)7-12-3/h8,12,15H,5-7H2,1-4H3,(H,13,14). The molecule has 0 aliphatic heterocycles. The number of sulfonamides is 1. The van der Waals surface area contributed by atoms with E-state index in [9.17, 15) is 8.42 Å². The Morgan fingerprint density at radius 1 is 1.47 bits per heavy atom. The SMILES string of the molecule is CNCc1n[nH]c(C)c1S(=O)(=O)NC(C)CCOC. The largest absolute Gasteiger partial charge is 0.385 e. The van der Waals surface area contributed by atoms with Gasteiger partial charge >= 0.3 is 0 Å². The highest BCUT2D eigenvalue weighted by Gasteiger charge is 2.25. The van der Waals surface area contributed by atoms with Crippen molar-refractivity contribution in [1.29, 1.82) is 0 Å². The maximum absolute atomic E-state index is 12.3. The molecule has 0 fully saturated rings. The molecule has 110 valence electrons. The van der Waals surface area contributed by atoms with Crippen LogP contribution in [0, 0.1) is 6.92 Å². The summed E-state index contributed by atoms with van der Waals surface area (Å²) >= 11 is 0. The van der Waals surface area contributed by atoms with Crippen molar-refractivity contribution >= 4 is 10.0 Å². The third-order valence-corrected chi connectivity index (χ3v) is 4.48. The molecule has 1 rings (SSSR count). The molecule has 0 radical (unpaired) electrons. The molecule has 8 heteroatoms. The van der Waals surface area contributed by atoms with Crippen molar-refractivity contribution in [2.45, 2.75) is 37.8 Å². The van der Waals surface area contributed by atoms with Gasteiger partial charge in [-0.1, -0.05) is 0 Å². The number of H-pyrrole nitrogens is 1. The van der Waals surface area contributed by atoms with E-state index >= 15 is 0 Å². The van der Waals surface area contributed by atoms with E-state index in [2.05, 4.69) is 20.2 Å². The Hall–Kier alpha value is -0.960. The molecule has 0 saturated heterocycles. The van der Waals surface area contributed by atoms with Crippen molar-refractivity contribution < 1.29 is 13.2 Å². The van der Waals surface area contributed by atoms with Crippen LogP contribution in [0.2, 0.25) is 0 Å². The average molecular weight is 290 g/mol. The van der Waals surface area contributed by atoms with E-state index in [0.29, 0.717) is 31.0 Å². The molecule has 1 aromatic rings. The zero-order chi connectivity index (χ0) is 14.5. The summed E-state index contributed by atoms with van der Waals surface area (Å²) in [6, 6.07) is -0.193. The minimum absolute atomic E-state index is 0.193. The van der Waals surface area contributed by atoms with Crippen LogP contribution in [0.25, 0.3) is 0 Å². The summed E-state index contributed by atoms with van der Waals surface area (Å²) in [7, 11) is -0.235. The molecule has 0 saturated carbocycles. The van der Waals surface area contributed by atoms with Crippen LogP contribution in [0.3, 0.4) is 0 Å². The Labute approximate surface area is 114 Å². The minimum atomic E-state index is -3.57. The summed E-state index contributed by atoms with van der Waals surface area (Å²) in [5.74, 6) is 0. The zero-order valence-electron chi connectivity index (χ0n) is 11.8. The van der Waals surface area contributed by atoms with Crippen LogP contribution in [0.1, 0.15) is 24.7 Å². The molecule has 3 N–H and O–H groups in total. The van der Waals surface area contributed by atoms with Crippen LogP contribution >= 0.6 is 0 Å². The van der Waals surface area contributed by atoms with Crippen LogP contribution in [-0.2, 0) is 21.3 Å². The zero-order valence-corrected chi connectivity index (χ0v) is 12.6. The topological polar surface area (TPSA) is 96.1 Å². The summed E-state index contributed by atoms with van der Waals surface area (Å²) in [6.45, 7) is 4.41. The number of aromatic amines is 1. The van der Waals surface area contributed by atoms with E-state index in [1.807, 2.05) is 6.92 Å². The molecule has 0 aliphatic rings. The fourth-order valence-electron chi connectivity index (χ4n) is 1.79. The van der Waals surface area contributed by atoms with Crippen LogP contribution in [0.5, 0.6) is 0 Å². The molecule has 1 atom stereocenters. The number of nitrogens with zero attached hydrogens (tertiary/aromatic N) is 1. The van der Waals surface area contributed by atoms with E-state index in [-0.39, 0.29) is 10.9 Å². The summed E-state index contributed by atoms with van der Waals surface area (Å²) in [6.07, 6.45) is 0.619. The highest BCUT2D eigenvalue weighted by Crippen LogP contribution is 2.18. The predicted molar refractivity (Wildman–Crippen MR) is 72.4 cm³/mol. The van der Waals surface area contributed by atoms with Gasteiger partial charge < -0.3 is 10.1 Å². The van der Waals surface area contributed by atoms with Gasteiger partial charge in [-0.3, -0.25) is 5.10 Å². The molecule has 0 bridgehead atoms. The maximum Gasteiger partial charge on any atom is 0.244 e. The number of nitrogens with one attached hydrogen (secondary N) is 3. The number of methoxy groups -OCH3 is 1. The Bertz CT molecular complexity index is 498. The van der Waals surface area contributed by atoms with Gasteiger partial charge in [0, 0.05) is 26.3 Å². The molecule has 0 aromatic carbocycles. The van der Waals surface area contributed by atoms with Crippen LogP contribution in [-0.4, -0.2) is 45.4 Å². The summed E-state index contributed by atoms with van der Waals surface area (Å²) in [4.78, 5) is 0.228. The molecular formula is C11H22N4O3S. The Morgan fingerprint density at radius 2 is 2.16 bits per heavy atom. The second kappa shape index (κ2) is 6.99. The second-order valence-corrected chi connectivity index (χ2v) is 6.11. The third kappa shape index (κ3) is 4.27. The molecule has 1 heterocycles. The van der Waals surface area contributed by atoms with Crippen molar-refractivity contribution in [3.05, 3.63) is 11.4 Å². The minimum Gasteiger partial charge on any atom is -0.385 e. The first kappa shape index (κ1) is 16.1. The van der Waals surface area contributed by atoms with Crippen molar-refractivity contribution in [2.24, 2.45) is 0 Å². The normalized spacial score (nSPS) is 13.7. The molecule has 0 amide bonds. The van der Waals surface area contributed by atoms with Gasteiger partial charge in [-0.2, -0.15) is 5.10 Å². The molecule has 1 aromatic heterocycles. The third-order valence-electron chi connectivity index (χ3n) is 2.69. The van der Waals surface area contributed by atoms with E-state index in [4.69, 9.17) is 4.74 Å². The highest BCUT2D eigenvalue weighted by molar-refractivity contribution is 7.89. The van der Waals surface area contributed by atoms with E-state index in [1.54, 1.807) is 21.1 Å². The van der Waals surface area contributed by atoms with Gasteiger partial charge in [-0.05, 0) is 27.3 Å². The predicted octanol–water partition coefficient (Wildman–Crippen LogP) is 0.141. The highest BCUT2D eigenvalue weighted by atomic mass is 32.2. The first-order valence-electron chi connectivity index (χ1n) is 6.12. The van der Waals surface area contributed by atoms with Crippen LogP contribution in [0.15, 0.2) is 4.90 Å². The van der Waals surface area contributed by atoms with Gasteiger partial charge in [0.05, 0.1) is 11.4 Å². The van der Waals surface area contributed by atoms with E-state index < -0.39 is 10.0 Å². The monoisotopic (exact) mass is 290 g/mol. The quantitative estimate of drug-likeness (QED) is 0.633. The van der Waals surface area contributed by atoms with E-state index in [0.717, 1.165) is 0 Å². The number of aryl methyl sites for hydroxylation is 1. The molecule has 7 nitrogen and oxygen atoms in total. The van der Waals surface area contributed by atoms with Crippen molar-refractivity contribution in [2.75, 3.05) is 20.8 Å². The van der Waals surface area contributed by atoms with Gasteiger partial charge in [-0.15, -0.1) is 0 Å². The second-order valence-electron chi connectivity index (χ2n) is 4.46. The fraction of sp³-hybridized carbons (Fsp3) is 0.727. The molecule has 19 heavy (non-hydrogen) atoms. The Balaban J connectivity index is 2.90. The first-order chi connectivity index (χ1) is 8.92. The summed E-state index contributed by atoms with van der Waals surface area (Å²) in [5.41, 5.74) is 1.03.